The van der Waals surface area contributed by atoms with Gasteiger partial charge in [0.05, 0.1) is 7.11 Å². The molecule has 96 valence electrons. The summed E-state index contributed by atoms with van der Waals surface area (Å²) in [7, 11) is 1.36. The number of ether oxygens (including phenoxy) is 1. The molecular formula is C15H19NO2. The predicted octanol–water partition coefficient (Wildman–Crippen LogP) is 2.80. The van der Waals surface area contributed by atoms with E-state index in [2.05, 4.69) is 17.9 Å². The highest BCUT2D eigenvalue weighted by Crippen LogP contribution is 2.16. The Bertz CT molecular complexity index is 437. The van der Waals surface area contributed by atoms with E-state index < -0.39 is 0 Å². The molecule has 1 aromatic carbocycles. The standard InChI is InChI=1S/C15H19NO2/c1-12(2)10-16(11-13(3)15(17)18-4)14-8-6-5-7-9-14/h5-9H,1,3,10-11H2,2,4H3. The first-order valence-corrected chi connectivity index (χ1v) is 5.75. The smallest absolute Gasteiger partial charge is 0.334 e. The predicted molar refractivity (Wildman–Crippen MR) is 74.6 cm³/mol. The minimum atomic E-state index is -0.377. The molecule has 0 bridgehead atoms. The SMILES string of the molecule is C=C(C)CN(CC(=C)C(=O)OC)c1ccccc1. The van der Waals surface area contributed by atoms with Crippen LogP contribution in [0.2, 0.25) is 0 Å². The Morgan fingerprint density at radius 1 is 1.22 bits per heavy atom. The molecule has 0 spiro atoms. The number of hydrogen-bond donors (Lipinski definition) is 0. The van der Waals surface area contributed by atoms with Crippen molar-refractivity contribution < 1.29 is 9.53 Å². The molecular weight excluding hydrogens is 226 g/mol. The molecule has 0 aliphatic heterocycles. The van der Waals surface area contributed by atoms with E-state index in [1.165, 1.54) is 7.11 Å². The molecule has 3 nitrogen and oxygen atoms in total. The third-order valence-electron chi connectivity index (χ3n) is 2.44. The molecule has 0 saturated carbocycles. The first-order chi connectivity index (χ1) is 8.54. The summed E-state index contributed by atoms with van der Waals surface area (Å²) >= 11 is 0. The van der Waals surface area contributed by atoms with Gasteiger partial charge in [-0.15, -0.1) is 0 Å². The molecule has 0 heterocycles. The second-order valence-corrected chi connectivity index (χ2v) is 4.24. The molecule has 1 rings (SSSR count). The molecule has 0 saturated heterocycles. The first kappa shape index (κ1) is 14.0. The minimum Gasteiger partial charge on any atom is -0.466 e. The maximum atomic E-state index is 11.4. The molecule has 1 aromatic rings. The van der Waals surface area contributed by atoms with E-state index in [1.54, 1.807) is 0 Å². The number of benzene rings is 1. The number of para-hydroxylation sites is 1. The van der Waals surface area contributed by atoms with Gasteiger partial charge in [-0.3, -0.25) is 0 Å². The fraction of sp³-hybridized carbons (Fsp3) is 0.267. The second-order valence-electron chi connectivity index (χ2n) is 4.24. The van der Waals surface area contributed by atoms with Crippen LogP contribution in [0, 0.1) is 0 Å². The lowest BCUT2D eigenvalue weighted by atomic mass is 10.2. The minimum absolute atomic E-state index is 0.377. The number of methoxy groups -OCH3 is 1. The van der Waals surface area contributed by atoms with Crippen molar-refractivity contribution in [3.63, 3.8) is 0 Å². The molecule has 3 heteroatoms. The van der Waals surface area contributed by atoms with E-state index >= 15 is 0 Å². The number of carbonyl (C=O) groups excluding carboxylic acids is 1. The zero-order chi connectivity index (χ0) is 13.5. The largest absolute Gasteiger partial charge is 0.466 e. The first-order valence-electron chi connectivity index (χ1n) is 5.75. The van der Waals surface area contributed by atoms with Crippen LogP contribution in [0.3, 0.4) is 0 Å². The summed E-state index contributed by atoms with van der Waals surface area (Å²) in [5.41, 5.74) is 2.49. The van der Waals surface area contributed by atoms with Crippen LogP contribution in [0.25, 0.3) is 0 Å². The van der Waals surface area contributed by atoms with E-state index in [0.717, 1.165) is 11.3 Å². The summed E-state index contributed by atoms with van der Waals surface area (Å²) in [5, 5.41) is 0. The van der Waals surface area contributed by atoms with E-state index in [-0.39, 0.29) is 5.97 Å². The zero-order valence-corrected chi connectivity index (χ0v) is 11.0. The van der Waals surface area contributed by atoms with E-state index in [4.69, 9.17) is 0 Å². The maximum Gasteiger partial charge on any atom is 0.334 e. The summed E-state index contributed by atoms with van der Waals surface area (Å²) < 4.78 is 4.67. The van der Waals surface area contributed by atoms with Gasteiger partial charge >= 0.3 is 5.97 Å². The number of rotatable bonds is 6. The van der Waals surface area contributed by atoms with Crippen LogP contribution in [0.15, 0.2) is 54.6 Å². The summed E-state index contributed by atoms with van der Waals surface area (Å²) in [6.07, 6.45) is 0. The molecule has 0 radical (unpaired) electrons. The molecule has 0 aliphatic carbocycles. The summed E-state index contributed by atoms with van der Waals surface area (Å²) in [6, 6.07) is 9.86. The molecule has 0 unspecified atom stereocenters. The van der Waals surface area contributed by atoms with Gasteiger partial charge < -0.3 is 9.64 Å². The van der Waals surface area contributed by atoms with Gasteiger partial charge in [0.2, 0.25) is 0 Å². The Morgan fingerprint density at radius 2 is 1.83 bits per heavy atom. The van der Waals surface area contributed by atoms with Crippen molar-refractivity contribution in [2.75, 3.05) is 25.1 Å². The van der Waals surface area contributed by atoms with Crippen LogP contribution in [-0.4, -0.2) is 26.2 Å². The average Bonchev–Trinajstić information content (AvgIpc) is 2.37. The van der Waals surface area contributed by atoms with Crippen LogP contribution in [0.5, 0.6) is 0 Å². The van der Waals surface area contributed by atoms with Crippen molar-refractivity contribution in [3.8, 4) is 0 Å². The zero-order valence-electron chi connectivity index (χ0n) is 11.0. The van der Waals surface area contributed by atoms with Crippen LogP contribution < -0.4 is 4.90 Å². The Morgan fingerprint density at radius 3 is 2.33 bits per heavy atom. The Hall–Kier alpha value is -2.03. The highest BCUT2D eigenvalue weighted by atomic mass is 16.5. The van der Waals surface area contributed by atoms with Crippen LogP contribution >= 0.6 is 0 Å². The Labute approximate surface area is 108 Å². The van der Waals surface area contributed by atoms with Crippen molar-refractivity contribution in [3.05, 3.63) is 54.6 Å². The highest BCUT2D eigenvalue weighted by molar-refractivity contribution is 5.88. The number of esters is 1. The molecule has 0 N–H and O–H groups in total. The fourth-order valence-electron chi connectivity index (χ4n) is 1.64. The van der Waals surface area contributed by atoms with Crippen molar-refractivity contribution in [2.45, 2.75) is 6.92 Å². The molecule has 0 amide bonds. The lowest BCUT2D eigenvalue weighted by Crippen LogP contribution is -2.29. The van der Waals surface area contributed by atoms with E-state index in [9.17, 15) is 4.79 Å². The Kier molecular flexibility index (Phi) is 5.18. The summed E-state index contributed by atoms with van der Waals surface area (Å²) in [6.45, 7) is 10.7. The third kappa shape index (κ3) is 4.09. The van der Waals surface area contributed by atoms with Crippen molar-refractivity contribution in [1.29, 1.82) is 0 Å². The average molecular weight is 245 g/mol. The fourth-order valence-corrected chi connectivity index (χ4v) is 1.64. The number of hydrogen-bond acceptors (Lipinski definition) is 3. The summed E-state index contributed by atoms with van der Waals surface area (Å²) in [5.74, 6) is -0.377. The lowest BCUT2D eigenvalue weighted by molar-refractivity contribution is -0.136. The van der Waals surface area contributed by atoms with Gasteiger partial charge in [0.1, 0.15) is 0 Å². The van der Waals surface area contributed by atoms with Crippen molar-refractivity contribution in [1.82, 2.24) is 0 Å². The molecule has 0 atom stereocenters. The number of carbonyl (C=O) groups is 1. The van der Waals surface area contributed by atoms with Gasteiger partial charge in [-0.05, 0) is 19.1 Å². The van der Waals surface area contributed by atoms with Crippen molar-refractivity contribution in [2.24, 2.45) is 0 Å². The van der Waals surface area contributed by atoms with Crippen LogP contribution in [0.1, 0.15) is 6.92 Å². The highest BCUT2D eigenvalue weighted by Gasteiger charge is 2.13. The van der Waals surface area contributed by atoms with Gasteiger partial charge in [-0.25, -0.2) is 4.79 Å². The van der Waals surface area contributed by atoms with Crippen LogP contribution in [-0.2, 0) is 9.53 Å². The monoisotopic (exact) mass is 245 g/mol. The van der Waals surface area contributed by atoms with Crippen molar-refractivity contribution >= 4 is 11.7 Å². The molecule has 0 fully saturated rings. The number of anilines is 1. The third-order valence-corrected chi connectivity index (χ3v) is 2.44. The topological polar surface area (TPSA) is 29.5 Å². The molecule has 0 aliphatic rings. The van der Waals surface area contributed by atoms with E-state index in [1.807, 2.05) is 42.2 Å². The van der Waals surface area contributed by atoms with Gasteiger partial charge in [0.15, 0.2) is 0 Å². The Balaban J connectivity index is 2.83. The second kappa shape index (κ2) is 6.64. The van der Waals surface area contributed by atoms with Gasteiger partial charge in [-0.2, -0.15) is 0 Å². The quantitative estimate of drug-likeness (QED) is 0.438. The number of nitrogens with zero attached hydrogens (tertiary/aromatic N) is 1. The van der Waals surface area contributed by atoms with Gasteiger partial charge in [0, 0.05) is 24.4 Å². The van der Waals surface area contributed by atoms with E-state index in [0.29, 0.717) is 18.7 Å². The molecule has 0 aromatic heterocycles. The van der Waals surface area contributed by atoms with Gasteiger partial charge in [-0.1, -0.05) is 36.9 Å². The van der Waals surface area contributed by atoms with Crippen LogP contribution in [0.4, 0.5) is 5.69 Å². The molecule has 18 heavy (non-hydrogen) atoms. The summed E-state index contributed by atoms with van der Waals surface area (Å²) in [4.78, 5) is 13.4. The van der Waals surface area contributed by atoms with Gasteiger partial charge in [0.25, 0.3) is 0 Å². The lowest BCUT2D eigenvalue weighted by Gasteiger charge is -2.25. The normalized spacial score (nSPS) is 9.67. The maximum absolute atomic E-state index is 11.4.